The minimum absolute atomic E-state index is 0.00237. The third-order valence-electron chi connectivity index (χ3n) is 7.81. The molecular weight excluding hydrogens is 469 g/mol. The molecule has 2 unspecified atom stereocenters. The molecule has 4 heterocycles. The Labute approximate surface area is 205 Å². The van der Waals surface area contributed by atoms with Crippen molar-refractivity contribution in [2.75, 3.05) is 6.58 Å². The van der Waals surface area contributed by atoms with Gasteiger partial charge in [0.15, 0.2) is 5.60 Å². The Hall–Kier alpha value is -3.63. The number of hydrogen-bond donors (Lipinski definition) is 3. The molecule has 36 heavy (non-hydrogen) atoms. The molecule has 1 aromatic carbocycles. The summed E-state index contributed by atoms with van der Waals surface area (Å²) in [6, 6.07) is 2.30. The number of amides is 1. The lowest BCUT2D eigenvalue weighted by atomic mass is 9.81. The lowest BCUT2D eigenvalue weighted by Crippen LogP contribution is -2.44. The van der Waals surface area contributed by atoms with Crippen molar-refractivity contribution in [3.05, 3.63) is 61.7 Å². The van der Waals surface area contributed by atoms with E-state index in [0.717, 1.165) is 5.56 Å². The molecule has 0 saturated heterocycles. The van der Waals surface area contributed by atoms with Crippen molar-refractivity contribution in [2.24, 2.45) is 0 Å². The van der Waals surface area contributed by atoms with Gasteiger partial charge in [-0.15, -0.1) is 0 Å². The number of fused-ring (bicyclic) bond motifs is 5. The summed E-state index contributed by atoms with van der Waals surface area (Å²) >= 11 is 0. The molecule has 0 fully saturated rings. The summed E-state index contributed by atoms with van der Waals surface area (Å²) in [6.45, 7) is 1.19. The molecule has 0 saturated carbocycles. The Bertz CT molecular complexity index is 1620. The van der Waals surface area contributed by atoms with Crippen LogP contribution in [0.1, 0.15) is 60.6 Å². The fourth-order valence-electron chi connectivity index (χ4n) is 5.91. The molecule has 1 amide bonds. The molecule has 10 heteroatoms. The second-order valence-electron chi connectivity index (χ2n) is 9.54. The van der Waals surface area contributed by atoms with Crippen molar-refractivity contribution in [3.63, 3.8) is 0 Å². The van der Waals surface area contributed by atoms with Crippen LogP contribution in [0.3, 0.4) is 0 Å². The number of nitrogens with one attached hydrogen (secondary N) is 1. The summed E-state index contributed by atoms with van der Waals surface area (Å²) in [5.74, 6) is -2.11. The minimum Gasteiger partial charge on any atom is -0.458 e. The van der Waals surface area contributed by atoms with Crippen molar-refractivity contribution in [2.45, 2.75) is 57.9 Å². The van der Waals surface area contributed by atoms with E-state index in [2.05, 4.69) is 5.32 Å². The zero-order chi connectivity index (χ0) is 26.4. The van der Waals surface area contributed by atoms with Crippen LogP contribution in [0.2, 0.25) is 0 Å². The Kier molecular flexibility index (Phi) is 4.62. The van der Waals surface area contributed by atoms with Crippen molar-refractivity contribution in [1.82, 2.24) is 14.9 Å². The highest BCUT2D eigenvalue weighted by Gasteiger charge is 2.46. The van der Waals surface area contributed by atoms with E-state index in [1.165, 1.54) is 10.6 Å². The molecule has 1 aliphatic carbocycles. The molecule has 0 spiro atoms. The predicted molar refractivity (Wildman–Crippen MR) is 126 cm³/mol. The maximum Gasteiger partial charge on any atom is 0.343 e. The first-order valence-electron chi connectivity index (χ1n) is 12.4. The maximum atomic E-state index is 14.9. The fraction of sp³-hybridized carbons (Fsp3) is 0.385. The van der Waals surface area contributed by atoms with Crippen LogP contribution in [-0.4, -0.2) is 38.2 Å². The van der Waals surface area contributed by atoms with Gasteiger partial charge in [0.1, 0.15) is 19.0 Å². The molecule has 6 rings (SSSR count). The number of cyclic esters (lactones) is 1. The van der Waals surface area contributed by atoms with Gasteiger partial charge in [0.25, 0.3) is 5.56 Å². The quantitative estimate of drug-likeness (QED) is 0.369. The maximum absolute atomic E-state index is 14.9. The molecule has 3 aromatic rings. The van der Waals surface area contributed by atoms with Gasteiger partial charge in [-0.2, -0.15) is 0 Å². The number of pyridine rings is 2. The molecule has 3 N–H and O–H groups in total. The first-order chi connectivity index (χ1) is 17.6. The molecular formula is C26H24FN3O6. The van der Waals surface area contributed by atoms with Gasteiger partial charge in [-0.3, -0.25) is 9.59 Å². The minimum atomic E-state index is -1.98. The van der Waals surface area contributed by atoms with Crippen LogP contribution in [-0.2, 0) is 39.5 Å². The SMILES string of the molecule is [2H]C(O)C(=O)NC1CCc2c(C)c(F)cc3nc4c(c1c23)Cn1c-4cc2c(c1=O)COC(=O)[C@]2(O)CC. The van der Waals surface area contributed by atoms with Crippen LogP contribution in [0, 0.1) is 12.7 Å². The molecule has 9 nitrogen and oxygen atoms in total. The average Bonchev–Trinajstić information content (AvgIpc) is 3.24. The van der Waals surface area contributed by atoms with E-state index in [9.17, 15) is 29.0 Å². The Morgan fingerprint density at radius 2 is 2.14 bits per heavy atom. The fourth-order valence-corrected chi connectivity index (χ4v) is 5.91. The summed E-state index contributed by atoms with van der Waals surface area (Å²) in [6.07, 6.45) is 0.861. The van der Waals surface area contributed by atoms with E-state index in [4.69, 9.17) is 11.1 Å². The summed E-state index contributed by atoms with van der Waals surface area (Å²) < 4.78 is 28.9. The largest absolute Gasteiger partial charge is 0.458 e. The summed E-state index contributed by atoms with van der Waals surface area (Å²) in [7, 11) is 0. The van der Waals surface area contributed by atoms with Gasteiger partial charge in [-0.25, -0.2) is 14.2 Å². The van der Waals surface area contributed by atoms with Crippen molar-refractivity contribution >= 4 is 22.8 Å². The van der Waals surface area contributed by atoms with Gasteiger partial charge in [0.05, 0.1) is 36.4 Å². The predicted octanol–water partition coefficient (Wildman–Crippen LogP) is 1.62. The average molecular weight is 494 g/mol. The number of aryl methyl sites for hydroxylation is 1. The molecule has 2 aliphatic heterocycles. The zero-order valence-electron chi connectivity index (χ0n) is 20.6. The number of carbonyl (C=O) groups is 2. The van der Waals surface area contributed by atoms with E-state index in [1.807, 2.05) is 0 Å². The zero-order valence-corrected chi connectivity index (χ0v) is 19.6. The van der Waals surface area contributed by atoms with Crippen LogP contribution in [0.4, 0.5) is 4.39 Å². The number of hydrogen-bond acceptors (Lipinski definition) is 7. The number of aliphatic hydroxyl groups excluding tert-OH is 1. The molecule has 3 atom stereocenters. The monoisotopic (exact) mass is 494 g/mol. The lowest BCUT2D eigenvalue weighted by molar-refractivity contribution is -0.172. The van der Waals surface area contributed by atoms with Gasteiger partial charge < -0.3 is 24.8 Å². The number of ether oxygens (including phenoxy) is 1. The third-order valence-corrected chi connectivity index (χ3v) is 7.81. The third kappa shape index (κ3) is 2.88. The molecule has 186 valence electrons. The number of nitrogens with zero attached hydrogens (tertiary/aromatic N) is 2. The normalized spacial score (nSPS) is 22.9. The molecule has 2 aromatic heterocycles. The van der Waals surface area contributed by atoms with Gasteiger partial charge in [0.2, 0.25) is 5.91 Å². The van der Waals surface area contributed by atoms with E-state index < -0.39 is 41.5 Å². The Morgan fingerprint density at radius 3 is 2.86 bits per heavy atom. The van der Waals surface area contributed by atoms with Gasteiger partial charge in [-0.05, 0) is 48.9 Å². The van der Waals surface area contributed by atoms with Crippen LogP contribution in [0.5, 0.6) is 0 Å². The highest BCUT2D eigenvalue weighted by molar-refractivity contribution is 5.94. The number of benzene rings is 1. The van der Waals surface area contributed by atoms with Gasteiger partial charge in [-0.1, -0.05) is 6.92 Å². The van der Waals surface area contributed by atoms with Crippen LogP contribution in [0.15, 0.2) is 16.9 Å². The van der Waals surface area contributed by atoms with Crippen LogP contribution < -0.4 is 10.9 Å². The van der Waals surface area contributed by atoms with E-state index >= 15 is 0 Å². The topological polar surface area (TPSA) is 131 Å². The number of halogens is 1. The smallest absolute Gasteiger partial charge is 0.343 e. The van der Waals surface area contributed by atoms with E-state index in [0.29, 0.717) is 51.8 Å². The molecule has 3 aliphatic rings. The molecule has 0 radical (unpaired) electrons. The van der Waals surface area contributed by atoms with Crippen LogP contribution >= 0.6 is 0 Å². The number of rotatable bonds is 3. The first kappa shape index (κ1) is 21.6. The lowest BCUT2D eigenvalue weighted by Gasteiger charge is -2.31. The summed E-state index contributed by atoms with van der Waals surface area (Å²) in [5.41, 5.74) is 1.61. The number of aliphatic hydroxyl groups is 2. The Morgan fingerprint density at radius 1 is 1.36 bits per heavy atom. The van der Waals surface area contributed by atoms with Crippen molar-refractivity contribution in [1.29, 1.82) is 0 Å². The standard InChI is InChI=1S/C26H24FN3O6/c1-3-26(35)15-6-19-23-13(8-30(19)24(33)14(15)10-36-25(26)34)22-17(28-20(32)9-31)5-4-12-11(2)16(27)7-18(29-23)21(12)22/h6-7,17,31,35H,3-5,8-10H2,1-2H3,(H,28,32)/t17?,26-/m0/s1/i9D/t9?,17?,26-. The first-order valence-corrected chi connectivity index (χ1v) is 11.8. The number of carbonyl (C=O) groups excluding carboxylic acids is 2. The highest BCUT2D eigenvalue weighted by Crippen LogP contribution is 2.45. The molecule has 0 bridgehead atoms. The van der Waals surface area contributed by atoms with E-state index in [-0.39, 0.29) is 30.7 Å². The van der Waals surface area contributed by atoms with Crippen LogP contribution in [0.25, 0.3) is 22.3 Å². The summed E-state index contributed by atoms with van der Waals surface area (Å²) in [5, 5.41) is 24.0. The number of aromatic nitrogens is 2. The van der Waals surface area contributed by atoms with E-state index in [1.54, 1.807) is 19.9 Å². The second-order valence-corrected chi connectivity index (χ2v) is 9.54. The second kappa shape index (κ2) is 7.68. The van der Waals surface area contributed by atoms with Crippen molar-refractivity contribution in [3.8, 4) is 11.4 Å². The van der Waals surface area contributed by atoms with Gasteiger partial charge >= 0.3 is 5.97 Å². The highest BCUT2D eigenvalue weighted by atomic mass is 19.1. The van der Waals surface area contributed by atoms with Crippen molar-refractivity contribution < 1.29 is 30.3 Å². The van der Waals surface area contributed by atoms with Gasteiger partial charge in [0, 0.05) is 22.6 Å². The Balaban J connectivity index is 1.65. The number of esters is 1. The summed E-state index contributed by atoms with van der Waals surface area (Å²) in [4.78, 5) is 43.0.